The number of fused-ring (bicyclic) bond motifs is 2. The summed E-state index contributed by atoms with van der Waals surface area (Å²) in [6.07, 6.45) is 1.55. The third-order valence-electron chi connectivity index (χ3n) is 8.61. The molecule has 6 aromatic carbocycles. The summed E-state index contributed by atoms with van der Waals surface area (Å²) in [5.41, 5.74) is 3.04. The Morgan fingerprint density at radius 2 is 1.12 bits per heavy atom. The lowest BCUT2D eigenvalue weighted by molar-refractivity contribution is -0.000547. The number of rotatable bonds is 5. The van der Waals surface area contributed by atoms with Crippen LogP contribution in [-0.4, -0.2) is 28.5 Å². The predicted molar refractivity (Wildman–Crippen MR) is 167 cm³/mol. The second-order valence-electron chi connectivity index (χ2n) is 11.0. The Balaban J connectivity index is 1.31. The van der Waals surface area contributed by atoms with Crippen LogP contribution in [0.4, 0.5) is 0 Å². The Morgan fingerprint density at radius 3 is 1.71 bits per heavy atom. The number of hydrogen-bond donors (Lipinski definition) is 1. The molecule has 0 saturated carbocycles. The molecule has 3 nitrogen and oxygen atoms in total. The fourth-order valence-corrected chi connectivity index (χ4v) is 6.45. The molecule has 1 saturated heterocycles. The molecule has 1 heterocycles. The van der Waals surface area contributed by atoms with Crippen molar-refractivity contribution >= 4 is 27.5 Å². The van der Waals surface area contributed by atoms with Gasteiger partial charge in [0.15, 0.2) is 0 Å². The van der Waals surface area contributed by atoms with Gasteiger partial charge in [0.1, 0.15) is 5.60 Å². The lowest BCUT2D eigenvalue weighted by Crippen LogP contribution is -2.50. The maximum Gasteiger partial charge on any atom is 0.254 e. The second-order valence-corrected chi connectivity index (χ2v) is 11.0. The monoisotopic (exact) mass is 533 g/mol. The summed E-state index contributed by atoms with van der Waals surface area (Å²) in [7, 11) is 0. The van der Waals surface area contributed by atoms with Crippen LogP contribution >= 0.6 is 0 Å². The van der Waals surface area contributed by atoms with Crippen LogP contribution in [0.2, 0.25) is 0 Å². The first-order valence-electron chi connectivity index (χ1n) is 14.3. The van der Waals surface area contributed by atoms with Crippen LogP contribution in [0.15, 0.2) is 140 Å². The van der Waals surface area contributed by atoms with E-state index in [1.165, 1.54) is 0 Å². The van der Waals surface area contributed by atoms with Gasteiger partial charge < -0.3 is 10.0 Å². The van der Waals surface area contributed by atoms with Crippen LogP contribution in [0.1, 0.15) is 34.3 Å². The van der Waals surface area contributed by atoms with Crippen LogP contribution in [0.25, 0.3) is 32.7 Å². The zero-order valence-corrected chi connectivity index (χ0v) is 22.8. The molecule has 1 amide bonds. The van der Waals surface area contributed by atoms with E-state index in [9.17, 15) is 9.90 Å². The van der Waals surface area contributed by atoms with E-state index in [1.807, 2.05) is 83.8 Å². The Labute approximate surface area is 240 Å². The molecule has 1 unspecified atom stereocenters. The van der Waals surface area contributed by atoms with Gasteiger partial charge in [0.25, 0.3) is 5.91 Å². The van der Waals surface area contributed by atoms with Gasteiger partial charge in [-0.25, -0.2) is 0 Å². The normalized spacial score (nSPS) is 15.4. The summed E-state index contributed by atoms with van der Waals surface area (Å²) in [6.45, 7) is 0.605. The van der Waals surface area contributed by atoms with Crippen molar-refractivity contribution in [3.8, 4) is 11.1 Å². The van der Waals surface area contributed by atoms with Crippen LogP contribution in [0.3, 0.4) is 0 Å². The summed E-state index contributed by atoms with van der Waals surface area (Å²) in [5, 5.41) is 17.3. The minimum absolute atomic E-state index is 0.0490. The number of carbonyl (C=O) groups is 1. The van der Waals surface area contributed by atoms with Gasteiger partial charge in [-0.3, -0.25) is 4.79 Å². The van der Waals surface area contributed by atoms with Gasteiger partial charge in [-0.15, -0.1) is 0 Å². The number of amides is 1. The Kier molecular flexibility index (Phi) is 6.37. The van der Waals surface area contributed by atoms with Gasteiger partial charge in [-0.1, -0.05) is 115 Å². The van der Waals surface area contributed by atoms with E-state index < -0.39 is 11.6 Å². The summed E-state index contributed by atoms with van der Waals surface area (Å²) in [4.78, 5) is 15.9. The summed E-state index contributed by atoms with van der Waals surface area (Å²) < 4.78 is 0. The van der Waals surface area contributed by atoms with E-state index in [1.54, 1.807) is 0 Å². The van der Waals surface area contributed by atoms with Crippen molar-refractivity contribution in [1.82, 2.24) is 4.90 Å². The number of carbonyl (C=O) groups excluding carboxylic acids is 1. The van der Waals surface area contributed by atoms with Crippen LogP contribution < -0.4 is 0 Å². The zero-order chi connectivity index (χ0) is 27.8. The van der Waals surface area contributed by atoms with E-state index in [4.69, 9.17) is 0 Å². The Bertz CT molecular complexity index is 1780. The van der Waals surface area contributed by atoms with Crippen molar-refractivity contribution in [2.75, 3.05) is 6.54 Å². The topological polar surface area (TPSA) is 40.5 Å². The fraction of sp³-hybridized carbons (Fsp3) is 0.132. The van der Waals surface area contributed by atoms with Crippen molar-refractivity contribution in [3.63, 3.8) is 0 Å². The number of aliphatic hydroxyl groups is 1. The summed E-state index contributed by atoms with van der Waals surface area (Å²) in [6, 6.07) is 46.3. The molecule has 41 heavy (non-hydrogen) atoms. The molecule has 7 rings (SSSR count). The molecule has 0 spiro atoms. The molecular formula is C38H31NO2. The quantitative estimate of drug-likeness (QED) is 0.243. The molecule has 3 heteroatoms. The largest absolute Gasteiger partial charge is 0.378 e. The van der Waals surface area contributed by atoms with E-state index in [-0.39, 0.29) is 5.91 Å². The van der Waals surface area contributed by atoms with Gasteiger partial charge >= 0.3 is 0 Å². The minimum Gasteiger partial charge on any atom is -0.378 e. The Hall–Kier alpha value is -4.73. The molecule has 1 aliphatic heterocycles. The standard InChI is InChI=1S/C38H31NO2/c40-37(31-18-16-30(17-19-31)27-9-2-1-3-10-27)39-24-8-15-36(39)38(41,34-22-20-28-11-4-6-13-32(28)25-34)35-23-21-29-12-5-7-14-33(29)26-35/h1-7,9-14,16-23,25-26,36,41H,8,15,24H2. The molecule has 0 aromatic heterocycles. The minimum atomic E-state index is -1.38. The van der Waals surface area contributed by atoms with Gasteiger partial charge in [0, 0.05) is 12.1 Å². The van der Waals surface area contributed by atoms with E-state index in [0.29, 0.717) is 18.5 Å². The van der Waals surface area contributed by atoms with Crippen molar-refractivity contribution in [1.29, 1.82) is 0 Å². The third kappa shape index (κ3) is 4.49. The maximum absolute atomic E-state index is 14.1. The van der Waals surface area contributed by atoms with Gasteiger partial charge in [0.05, 0.1) is 6.04 Å². The van der Waals surface area contributed by atoms with E-state index in [0.717, 1.165) is 50.2 Å². The molecule has 1 aliphatic rings. The first kappa shape index (κ1) is 25.3. The predicted octanol–water partition coefficient (Wildman–Crippen LogP) is 8.20. The highest BCUT2D eigenvalue weighted by Gasteiger charge is 2.47. The number of likely N-dealkylation sites (tertiary alicyclic amines) is 1. The van der Waals surface area contributed by atoms with Crippen molar-refractivity contribution < 1.29 is 9.90 Å². The number of nitrogens with zero attached hydrogens (tertiary/aromatic N) is 1. The molecule has 1 N–H and O–H groups in total. The highest BCUT2D eigenvalue weighted by atomic mass is 16.3. The highest BCUT2D eigenvalue weighted by molar-refractivity contribution is 5.95. The molecule has 0 radical (unpaired) electrons. The molecule has 6 aromatic rings. The van der Waals surface area contributed by atoms with Crippen molar-refractivity contribution in [2.45, 2.75) is 24.5 Å². The van der Waals surface area contributed by atoms with Crippen molar-refractivity contribution in [3.05, 3.63) is 156 Å². The first-order valence-corrected chi connectivity index (χ1v) is 14.3. The van der Waals surface area contributed by atoms with Crippen LogP contribution in [-0.2, 0) is 5.60 Å². The van der Waals surface area contributed by atoms with Crippen LogP contribution in [0, 0.1) is 0 Å². The summed E-state index contributed by atoms with van der Waals surface area (Å²) >= 11 is 0. The highest BCUT2D eigenvalue weighted by Crippen LogP contribution is 2.42. The number of benzene rings is 6. The van der Waals surface area contributed by atoms with Gasteiger partial charge in [-0.05, 0) is 80.9 Å². The third-order valence-corrected chi connectivity index (χ3v) is 8.61. The summed E-state index contributed by atoms with van der Waals surface area (Å²) in [5.74, 6) is -0.0490. The molecule has 1 atom stereocenters. The molecule has 200 valence electrons. The lowest BCUT2D eigenvalue weighted by atomic mass is 9.77. The van der Waals surface area contributed by atoms with Crippen LogP contribution in [0.5, 0.6) is 0 Å². The maximum atomic E-state index is 14.1. The molecule has 0 bridgehead atoms. The van der Waals surface area contributed by atoms with E-state index in [2.05, 4.69) is 60.7 Å². The molecule has 0 aliphatic carbocycles. The SMILES string of the molecule is O=C(c1ccc(-c2ccccc2)cc1)N1CCCC1C(O)(c1ccc2ccccc2c1)c1ccc2ccccc2c1. The number of hydrogen-bond acceptors (Lipinski definition) is 2. The Morgan fingerprint density at radius 1 is 0.610 bits per heavy atom. The van der Waals surface area contributed by atoms with E-state index >= 15 is 0 Å². The van der Waals surface area contributed by atoms with Gasteiger partial charge in [-0.2, -0.15) is 0 Å². The average molecular weight is 534 g/mol. The first-order chi connectivity index (χ1) is 20.1. The van der Waals surface area contributed by atoms with Crippen molar-refractivity contribution in [2.24, 2.45) is 0 Å². The smallest absolute Gasteiger partial charge is 0.254 e. The lowest BCUT2D eigenvalue weighted by Gasteiger charge is -2.40. The molecular weight excluding hydrogens is 502 g/mol. The second kappa shape index (κ2) is 10.3. The molecule has 1 fully saturated rings. The average Bonchev–Trinajstić information content (AvgIpc) is 3.55. The zero-order valence-electron chi connectivity index (χ0n) is 22.8. The fourth-order valence-electron chi connectivity index (χ4n) is 6.45. The van der Waals surface area contributed by atoms with Gasteiger partial charge in [0.2, 0.25) is 0 Å².